The molecule has 0 radical (unpaired) electrons. The maximum Gasteiger partial charge on any atom is 0.184 e. The van der Waals surface area contributed by atoms with Crippen LogP contribution in [0.3, 0.4) is 0 Å². The van der Waals surface area contributed by atoms with Crippen LogP contribution in [0.25, 0.3) is 16.9 Å². The highest BCUT2D eigenvalue weighted by Crippen LogP contribution is 2.31. The minimum atomic E-state index is 0.273. The fourth-order valence-electron chi connectivity index (χ4n) is 3.29. The van der Waals surface area contributed by atoms with Gasteiger partial charge in [0.1, 0.15) is 11.6 Å². The zero-order valence-electron chi connectivity index (χ0n) is 13.5. The summed E-state index contributed by atoms with van der Waals surface area (Å²) in [6.07, 6.45) is 4.48. The molecule has 6 heteroatoms. The van der Waals surface area contributed by atoms with Crippen LogP contribution in [0.15, 0.2) is 24.4 Å². The van der Waals surface area contributed by atoms with Gasteiger partial charge in [0, 0.05) is 30.6 Å². The number of nitrogens with one attached hydrogen (secondary N) is 2. The molecule has 2 aliphatic heterocycles. The summed E-state index contributed by atoms with van der Waals surface area (Å²) in [6, 6.07) is 2.08. The second kappa shape index (κ2) is 5.38. The summed E-state index contributed by atoms with van der Waals surface area (Å²) >= 11 is 0. The molecule has 1 fully saturated rings. The van der Waals surface area contributed by atoms with Crippen molar-refractivity contribution in [3.05, 3.63) is 35.7 Å². The fourth-order valence-corrected chi connectivity index (χ4v) is 3.29. The SMILES string of the molecule is C=C1C=C(NCC2CCCO2)n2nc3nc(C)cc(C)c3c2N1. The van der Waals surface area contributed by atoms with Crippen molar-refractivity contribution >= 4 is 22.7 Å². The second-order valence-corrected chi connectivity index (χ2v) is 6.24. The van der Waals surface area contributed by atoms with E-state index in [-0.39, 0.29) is 6.10 Å². The molecular formula is C17H21N5O. The number of aromatic nitrogens is 3. The molecule has 1 unspecified atom stereocenters. The lowest BCUT2D eigenvalue weighted by molar-refractivity contribution is 0.113. The van der Waals surface area contributed by atoms with E-state index in [1.165, 1.54) is 0 Å². The molecule has 0 saturated carbocycles. The van der Waals surface area contributed by atoms with E-state index >= 15 is 0 Å². The fraction of sp³-hybridized carbons (Fsp3) is 0.412. The Morgan fingerprint density at radius 3 is 3.13 bits per heavy atom. The molecule has 0 aromatic carbocycles. The molecular weight excluding hydrogens is 290 g/mol. The van der Waals surface area contributed by atoms with E-state index in [0.717, 1.165) is 65.6 Å². The Morgan fingerprint density at radius 1 is 1.48 bits per heavy atom. The van der Waals surface area contributed by atoms with E-state index < -0.39 is 0 Å². The number of allylic oxidation sites excluding steroid dienone is 1. The molecule has 0 bridgehead atoms. The van der Waals surface area contributed by atoms with E-state index in [0.29, 0.717) is 0 Å². The molecule has 0 aliphatic carbocycles. The van der Waals surface area contributed by atoms with Crippen LogP contribution in [0, 0.1) is 13.8 Å². The molecule has 1 saturated heterocycles. The van der Waals surface area contributed by atoms with Crippen molar-refractivity contribution in [2.45, 2.75) is 32.8 Å². The molecule has 2 aromatic rings. The molecule has 0 amide bonds. The second-order valence-electron chi connectivity index (χ2n) is 6.24. The molecule has 0 spiro atoms. The smallest absolute Gasteiger partial charge is 0.184 e. The molecule has 120 valence electrons. The molecule has 4 heterocycles. The Labute approximate surface area is 135 Å². The molecule has 2 N–H and O–H groups in total. The van der Waals surface area contributed by atoms with E-state index in [1.54, 1.807) is 0 Å². The summed E-state index contributed by atoms with van der Waals surface area (Å²) < 4.78 is 7.57. The monoisotopic (exact) mass is 311 g/mol. The predicted octanol–water partition coefficient (Wildman–Crippen LogP) is 2.55. The first kappa shape index (κ1) is 14.3. The van der Waals surface area contributed by atoms with Crippen LogP contribution in [0.5, 0.6) is 0 Å². The van der Waals surface area contributed by atoms with Crippen molar-refractivity contribution in [2.24, 2.45) is 0 Å². The third-order valence-electron chi connectivity index (χ3n) is 4.32. The average Bonchev–Trinajstić information content (AvgIpc) is 3.11. The van der Waals surface area contributed by atoms with Gasteiger partial charge < -0.3 is 15.4 Å². The van der Waals surface area contributed by atoms with Crippen LogP contribution in [0.1, 0.15) is 24.1 Å². The van der Waals surface area contributed by atoms with Gasteiger partial charge in [0.2, 0.25) is 0 Å². The van der Waals surface area contributed by atoms with Gasteiger partial charge in [-0.05, 0) is 38.3 Å². The van der Waals surface area contributed by atoms with E-state index in [9.17, 15) is 0 Å². The lowest BCUT2D eigenvalue weighted by Gasteiger charge is -2.21. The number of rotatable bonds is 3. The first-order valence-corrected chi connectivity index (χ1v) is 8.02. The van der Waals surface area contributed by atoms with Gasteiger partial charge in [-0.25, -0.2) is 4.98 Å². The number of aryl methyl sites for hydroxylation is 2. The number of ether oxygens (including phenoxy) is 1. The number of fused-ring (bicyclic) bond motifs is 3. The third-order valence-corrected chi connectivity index (χ3v) is 4.32. The molecule has 2 aromatic heterocycles. The molecule has 23 heavy (non-hydrogen) atoms. The highest BCUT2D eigenvalue weighted by molar-refractivity contribution is 5.94. The van der Waals surface area contributed by atoms with E-state index in [2.05, 4.69) is 40.3 Å². The third kappa shape index (κ3) is 2.49. The van der Waals surface area contributed by atoms with Crippen LogP contribution in [-0.2, 0) is 4.74 Å². The van der Waals surface area contributed by atoms with Crippen LogP contribution in [-0.4, -0.2) is 34.0 Å². The number of nitrogens with zero attached hydrogens (tertiary/aromatic N) is 3. The lowest BCUT2D eigenvalue weighted by Crippen LogP contribution is -2.30. The maximum absolute atomic E-state index is 5.68. The summed E-state index contributed by atoms with van der Waals surface area (Å²) in [5.74, 6) is 1.83. The number of hydrogen-bond donors (Lipinski definition) is 2. The summed E-state index contributed by atoms with van der Waals surface area (Å²) in [4.78, 5) is 4.56. The standard InChI is InChI=1S/C17H21N5O/c1-10-7-11(2)19-16-15(10)17-20-12(3)8-14(22(17)21-16)18-9-13-5-4-6-23-13/h7-8,13,18,20H,3-6,9H2,1-2H3. The predicted molar refractivity (Wildman–Crippen MR) is 91.0 cm³/mol. The summed E-state index contributed by atoms with van der Waals surface area (Å²) in [7, 11) is 0. The van der Waals surface area contributed by atoms with Gasteiger partial charge in [-0.15, -0.1) is 5.10 Å². The first-order valence-electron chi connectivity index (χ1n) is 8.02. The zero-order valence-corrected chi connectivity index (χ0v) is 13.5. The van der Waals surface area contributed by atoms with Gasteiger partial charge in [-0.3, -0.25) is 0 Å². The highest BCUT2D eigenvalue weighted by Gasteiger charge is 2.23. The van der Waals surface area contributed by atoms with Gasteiger partial charge in [0.15, 0.2) is 5.65 Å². The Balaban J connectivity index is 1.72. The van der Waals surface area contributed by atoms with Crippen molar-refractivity contribution in [3.8, 4) is 0 Å². The van der Waals surface area contributed by atoms with Crippen LogP contribution in [0.4, 0.5) is 5.82 Å². The van der Waals surface area contributed by atoms with Crippen molar-refractivity contribution in [3.63, 3.8) is 0 Å². The van der Waals surface area contributed by atoms with Gasteiger partial charge >= 0.3 is 0 Å². The summed E-state index contributed by atoms with van der Waals surface area (Å²) in [5, 5.41) is 12.5. The highest BCUT2D eigenvalue weighted by atomic mass is 16.5. The van der Waals surface area contributed by atoms with Gasteiger partial charge in [0.25, 0.3) is 0 Å². The quantitative estimate of drug-likeness (QED) is 0.912. The largest absolute Gasteiger partial charge is 0.376 e. The van der Waals surface area contributed by atoms with Crippen LogP contribution < -0.4 is 10.6 Å². The first-order chi connectivity index (χ1) is 11.1. The molecule has 2 aliphatic rings. The molecule has 6 nitrogen and oxygen atoms in total. The van der Waals surface area contributed by atoms with Crippen LogP contribution >= 0.6 is 0 Å². The lowest BCUT2D eigenvalue weighted by atomic mass is 10.1. The van der Waals surface area contributed by atoms with Crippen LogP contribution in [0.2, 0.25) is 0 Å². The number of hydrogen-bond acceptors (Lipinski definition) is 5. The minimum absolute atomic E-state index is 0.273. The summed E-state index contributed by atoms with van der Waals surface area (Å²) in [6.45, 7) is 9.77. The van der Waals surface area contributed by atoms with Crippen molar-refractivity contribution < 1.29 is 4.74 Å². The van der Waals surface area contributed by atoms with Gasteiger partial charge in [0.05, 0.1) is 11.5 Å². The normalized spacial score (nSPS) is 20.3. The molecule has 1 atom stereocenters. The van der Waals surface area contributed by atoms with Gasteiger partial charge in [-0.2, -0.15) is 4.68 Å². The van der Waals surface area contributed by atoms with Crippen molar-refractivity contribution in [1.82, 2.24) is 20.1 Å². The van der Waals surface area contributed by atoms with Crippen molar-refractivity contribution in [1.29, 1.82) is 0 Å². The Hall–Kier alpha value is -2.34. The molecule has 4 rings (SSSR count). The number of anilines is 1. The number of pyridine rings is 1. The minimum Gasteiger partial charge on any atom is -0.376 e. The summed E-state index contributed by atoms with van der Waals surface area (Å²) in [5.41, 5.74) is 3.73. The van der Waals surface area contributed by atoms with Crippen molar-refractivity contribution in [2.75, 3.05) is 18.5 Å². The maximum atomic E-state index is 5.68. The Kier molecular flexibility index (Phi) is 3.34. The Morgan fingerprint density at radius 2 is 2.35 bits per heavy atom. The van der Waals surface area contributed by atoms with E-state index in [4.69, 9.17) is 4.74 Å². The van der Waals surface area contributed by atoms with Gasteiger partial charge in [-0.1, -0.05) is 6.58 Å². The zero-order chi connectivity index (χ0) is 16.0. The van der Waals surface area contributed by atoms with E-state index in [1.807, 2.05) is 17.7 Å². The topological polar surface area (TPSA) is 64.0 Å². The Bertz CT molecular complexity index is 814. The average molecular weight is 311 g/mol.